The lowest BCUT2D eigenvalue weighted by molar-refractivity contribution is -0.139. The number of aliphatic hydroxyl groups is 1. The Labute approximate surface area is 101 Å². The summed E-state index contributed by atoms with van der Waals surface area (Å²) in [6.45, 7) is 3.96. The first kappa shape index (κ1) is 12.4. The SMILES string of the molecule is CC(=O)N1CCCC(C(=O)N2CCC(O)C2)C1. The number of piperidine rings is 1. The molecule has 2 saturated heterocycles. The van der Waals surface area contributed by atoms with Crippen LogP contribution in [0.4, 0.5) is 0 Å². The second kappa shape index (κ2) is 5.04. The Morgan fingerprint density at radius 1 is 1.12 bits per heavy atom. The number of carbonyl (C=O) groups is 2. The van der Waals surface area contributed by atoms with Crippen LogP contribution >= 0.6 is 0 Å². The molecule has 0 saturated carbocycles. The summed E-state index contributed by atoms with van der Waals surface area (Å²) in [6, 6.07) is 0. The fraction of sp³-hybridized carbons (Fsp3) is 0.833. The van der Waals surface area contributed by atoms with E-state index in [1.165, 1.54) is 0 Å². The minimum Gasteiger partial charge on any atom is -0.391 e. The average molecular weight is 240 g/mol. The number of hydrogen-bond donors (Lipinski definition) is 1. The van der Waals surface area contributed by atoms with Crippen molar-refractivity contribution in [2.75, 3.05) is 26.2 Å². The highest BCUT2D eigenvalue weighted by Gasteiger charge is 2.33. The van der Waals surface area contributed by atoms with Crippen molar-refractivity contribution in [2.24, 2.45) is 5.92 Å². The molecule has 0 aromatic heterocycles. The van der Waals surface area contributed by atoms with Gasteiger partial charge >= 0.3 is 0 Å². The highest BCUT2D eigenvalue weighted by atomic mass is 16.3. The summed E-state index contributed by atoms with van der Waals surface area (Å²) in [6.07, 6.45) is 2.06. The largest absolute Gasteiger partial charge is 0.391 e. The van der Waals surface area contributed by atoms with Gasteiger partial charge in [0.2, 0.25) is 11.8 Å². The van der Waals surface area contributed by atoms with Crippen molar-refractivity contribution in [3.63, 3.8) is 0 Å². The van der Waals surface area contributed by atoms with Crippen molar-refractivity contribution in [1.29, 1.82) is 0 Å². The number of rotatable bonds is 1. The number of likely N-dealkylation sites (tertiary alicyclic amines) is 2. The van der Waals surface area contributed by atoms with Gasteiger partial charge in [-0.1, -0.05) is 0 Å². The smallest absolute Gasteiger partial charge is 0.227 e. The third-order valence-electron chi connectivity index (χ3n) is 3.69. The van der Waals surface area contributed by atoms with Gasteiger partial charge in [-0.25, -0.2) is 0 Å². The first-order chi connectivity index (χ1) is 8.08. The lowest BCUT2D eigenvalue weighted by atomic mass is 9.96. The maximum Gasteiger partial charge on any atom is 0.227 e. The molecule has 0 bridgehead atoms. The fourth-order valence-corrected chi connectivity index (χ4v) is 2.66. The van der Waals surface area contributed by atoms with Gasteiger partial charge in [0.15, 0.2) is 0 Å². The van der Waals surface area contributed by atoms with Gasteiger partial charge in [-0.05, 0) is 19.3 Å². The lowest BCUT2D eigenvalue weighted by Crippen LogP contribution is -2.45. The van der Waals surface area contributed by atoms with Crippen molar-refractivity contribution in [1.82, 2.24) is 9.80 Å². The zero-order valence-electron chi connectivity index (χ0n) is 10.3. The Morgan fingerprint density at radius 2 is 1.88 bits per heavy atom. The van der Waals surface area contributed by atoms with Crippen LogP contribution in [0, 0.1) is 5.92 Å². The van der Waals surface area contributed by atoms with E-state index in [0.29, 0.717) is 26.1 Å². The summed E-state index contributed by atoms with van der Waals surface area (Å²) in [4.78, 5) is 27.0. The van der Waals surface area contributed by atoms with Crippen LogP contribution in [0.2, 0.25) is 0 Å². The van der Waals surface area contributed by atoms with Gasteiger partial charge in [0.05, 0.1) is 12.0 Å². The van der Waals surface area contributed by atoms with E-state index in [9.17, 15) is 14.7 Å². The van der Waals surface area contributed by atoms with Crippen LogP contribution in [0.5, 0.6) is 0 Å². The highest BCUT2D eigenvalue weighted by Crippen LogP contribution is 2.21. The molecule has 2 rings (SSSR count). The van der Waals surface area contributed by atoms with Crippen LogP contribution in [-0.4, -0.2) is 59.0 Å². The normalized spacial score (nSPS) is 29.5. The molecule has 2 amide bonds. The van der Waals surface area contributed by atoms with Crippen molar-refractivity contribution < 1.29 is 14.7 Å². The molecule has 2 unspecified atom stereocenters. The Balaban J connectivity index is 1.93. The topological polar surface area (TPSA) is 60.9 Å². The van der Waals surface area contributed by atoms with Crippen LogP contribution in [0.3, 0.4) is 0 Å². The Morgan fingerprint density at radius 3 is 2.47 bits per heavy atom. The number of aliphatic hydroxyl groups excluding tert-OH is 1. The van der Waals surface area contributed by atoms with Crippen LogP contribution < -0.4 is 0 Å². The van der Waals surface area contributed by atoms with E-state index < -0.39 is 0 Å². The molecule has 96 valence electrons. The van der Waals surface area contributed by atoms with Crippen LogP contribution in [-0.2, 0) is 9.59 Å². The van der Waals surface area contributed by atoms with E-state index in [-0.39, 0.29) is 23.8 Å². The molecule has 0 aromatic rings. The predicted octanol–water partition coefficient (Wildman–Crippen LogP) is -0.162. The van der Waals surface area contributed by atoms with Crippen LogP contribution in [0.1, 0.15) is 26.2 Å². The summed E-state index contributed by atoms with van der Waals surface area (Å²) >= 11 is 0. The number of hydrogen-bond acceptors (Lipinski definition) is 3. The van der Waals surface area contributed by atoms with Gasteiger partial charge in [0, 0.05) is 33.1 Å². The Kier molecular flexibility index (Phi) is 3.66. The van der Waals surface area contributed by atoms with E-state index in [0.717, 1.165) is 19.4 Å². The highest BCUT2D eigenvalue weighted by molar-refractivity contribution is 5.81. The van der Waals surface area contributed by atoms with Crippen molar-refractivity contribution in [3.8, 4) is 0 Å². The fourth-order valence-electron chi connectivity index (χ4n) is 2.66. The molecule has 5 nitrogen and oxygen atoms in total. The Hall–Kier alpha value is -1.10. The number of β-amino-alcohol motifs (C(OH)–C–C–N with tert-alkyl or cyclic N) is 1. The standard InChI is InChI=1S/C12H20N2O3/c1-9(15)13-5-2-3-10(7-13)12(17)14-6-4-11(16)8-14/h10-11,16H,2-8H2,1H3. The maximum absolute atomic E-state index is 12.2. The van der Waals surface area contributed by atoms with Crippen molar-refractivity contribution in [2.45, 2.75) is 32.3 Å². The van der Waals surface area contributed by atoms with Gasteiger partial charge in [-0.2, -0.15) is 0 Å². The van der Waals surface area contributed by atoms with Crippen molar-refractivity contribution in [3.05, 3.63) is 0 Å². The molecule has 1 N–H and O–H groups in total. The molecule has 2 aliphatic heterocycles. The molecule has 0 aliphatic carbocycles. The zero-order valence-corrected chi connectivity index (χ0v) is 10.3. The molecule has 5 heteroatoms. The van der Waals surface area contributed by atoms with Crippen LogP contribution in [0.15, 0.2) is 0 Å². The number of nitrogens with zero attached hydrogens (tertiary/aromatic N) is 2. The summed E-state index contributed by atoms with van der Waals surface area (Å²) < 4.78 is 0. The maximum atomic E-state index is 12.2. The lowest BCUT2D eigenvalue weighted by Gasteiger charge is -2.33. The molecule has 0 spiro atoms. The minimum atomic E-state index is -0.369. The zero-order chi connectivity index (χ0) is 12.4. The monoisotopic (exact) mass is 240 g/mol. The summed E-state index contributed by atoms with van der Waals surface area (Å²) in [5.41, 5.74) is 0. The quantitative estimate of drug-likeness (QED) is 0.692. The number of amides is 2. The van der Waals surface area contributed by atoms with Gasteiger partial charge in [-0.3, -0.25) is 9.59 Å². The molecule has 0 radical (unpaired) electrons. The average Bonchev–Trinajstić information content (AvgIpc) is 2.75. The van der Waals surface area contributed by atoms with Gasteiger partial charge in [-0.15, -0.1) is 0 Å². The second-order valence-corrected chi connectivity index (χ2v) is 5.03. The first-order valence-corrected chi connectivity index (χ1v) is 6.30. The van der Waals surface area contributed by atoms with E-state index >= 15 is 0 Å². The molecule has 2 atom stereocenters. The summed E-state index contributed by atoms with van der Waals surface area (Å²) in [7, 11) is 0. The van der Waals surface area contributed by atoms with Crippen LogP contribution in [0.25, 0.3) is 0 Å². The van der Waals surface area contributed by atoms with E-state index in [1.807, 2.05) is 0 Å². The van der Waals surface area contributed by atoms with Gasteiger partial charge in [0.25, 0.3) is 0 Å². The molecule has 2 fully saturated rings. The summed E-state index contributed by atoms with van der Waals surface area (Å²) in [5, 5.41) is 9.43. The molecule has 2 heterocycles. The molecular formula is C12H20N2O3. The predicted molar refractivity (Wildman–Crippen MR) is 62.2 cm³/mol. The van der Waals surface area contributed by atoms with E-state index in [1.54, 1.807) is 16.7 Å². The molecule has 0 aromatic carbocycles. The molecular weight excluding hydrogens is 220 g/mol. The summed E-state index contributed by atoms with van der Waals surface area (Å²) in [5.74, 6) is 0.0782. The third kappa shape index (κ3) is 2.77. The van der Waals surface area contributed by atoms with Crippen molar-refractivity contribution >= 4 is 11.8 Å². The second-order valence-electron chi connectivity index (χ2n) is 5.03. The van der Waals surface area contributed by atoms with Gasteiger partial charge in [0.1, 0.15) is 0 Å². The molecule has 2 aliphatic rings. The molecule has 17 heavy (non-hydrogen) atoms. The number of carbonyl (C=O) groups excluding carboxylic acids is 2. The third-order valence-corrected chi connectivity index (χ3v) is 3.69. The first-order valence-electron chi connectivity index (χ1n) is 6.30. The van der Waals surface area contributed by atoms with Gasteiger partial charge < -0.3 is 14.9 Å². The van der Waals surface area contributed by atoms with E-state index in [4.69, 9.17) is 0 Å². The minimum absolute atomic E-state index is 0.0453. The Bertz CT molecular complexity index is 319. The van der Waals surface area contributed by atoms with E-state index in [2.05, 4.69) is 0 Å².